The summed E-state index contributed by atoms with van der Waals surface area (Å²) in [6.07, 6.45) is -6.46. The van der Waals surface area contributed by atoms with Gasteiger partial charge in [-0.2, -0.15) is 31.3 Å². The van der Waals surface area contributed by atoms with Crippen molar-refractivity contribution < 1.29 is 40.8 Å². The molecule has 0 bridgehead atoms. The molecule has 1 fully saturated rings. The van der Waals surface area contributed by atoms with E-state index in [1.807, 2.05) is 0 Å². The molecule has 2 aromatic carbocycles. The fourth-order valence-corrected chi connectivity index (χ4v) is 4.33. The summed E-state index contributed by atoms with van der Waals surface area (Å²) in [5.74, 6) is -0.406. The van der Waals surface area contributed by atoms with E-state index in [1.165, 1.54) is 24.3 Å². The highest BCUT2D eigenvalue weighted by Crippen LogP contribution is 2.39. The summed E-state index contributed by atoms with van der Waals surface area (Å²) in [5, 5.41) is 15.7. The number of alkyl halides is 6. The van der Waals surface area contributed by atoms with Gasteiger partial charge < -0.3 is 25.1 Å². The summed E-state index contributed by atoms with van der Waals surface area (Å²) in [5.41, 5.74) is 4.69. The van der Waals surface area contributed by atoms with Crippen LogP contribution in [-0.4, -0.2) is 39.4 Å². The summed E-state index contributed by atoms with van der Waals surface area (Å²) in [4.78, 5) is 5.80. The zero-order valence-electron chi connectivity index (χ0n) is 20.5. The summed E-state index contributed by atoms with van der Waals surface area (Å²) in [7, 11) is 0. The fraction of sp³-hybridized carbons (Fsp3) is 0.400. The van der Waals surface area contributed by atoms with E-state index in [0.717, 1.165) is 18.2 Å². The molecule has 0 spiro atoms. The SMILES string of the molecule is N/C(=N\O)N1CCC[C@H]1c1nc(-c2ccc(OCCCCc3ccc(C(F)(F)F)cc3)c(C(F)(F)F)c2)no1. The molecule has 4 rings (SSSR count). The zero-order valence-corrected chi connectivity index (χ0v) is 20.5. The van der Waals surface area contributed by atoms with Crippen LogP contribution in [0.5, 0.6) is 5.75 Å². The number of hydrogen-bond donors (Lipinski definition) is 2. The molecule has 0 saturated carbocycles. The number of aromatic nitrogens is 2. The van der Waals surface area contributed by atoms with Crippen LogP contribution in [-0.2, 0) is 18.8 Å². The third-order valence-electron chi connectivity index (χ3n) is 6.32. The van der Waals surface area contributed by atoms with Gasteiger partial charge in [0.15, 0.2) is 0 Å². The third-order valence-corrected chi connectivity index (χ3v) is 6.32. The van der Waals surface area contributed by atoms with E-state index in [2.05, 4.69) is 15.3 Å². The second-order valence-electron chi connectivity index (χ2n) is 8.97. The van der Waals surface area contributed by atoms with Gasteiger partial charge in [0, 0.05) is 12.1 Å². The molecular weight excluding hydrogens is 532 g/mol. The summed E-state index contributed by atoms with van der Waals surface area (Å²) >= 11 is 0. The number of oxime groups is 1. The van der Waals surface area contributed by atoms with E-state index in [4.69, 9.17) is 20.2 Å². The number of aryl methyl sites for hydroxylation is 1. The lowest BCUT2D eigenvalue weighted by Gasteiger charge is -2.21. The Hall–Kier alpha value is -3.97. The first-order chi connectivity index (χ1) is 18.5. The lowest BCUT2D eigenvalue weighted by atomic mass is 10.1. The zero-order chi connectivity index (χ0) is 28.2. The molecule has 8 nitrogen and oxygen atoms in total. The van der Waals surface area contributed by atoms with Crippen molar-refractivity contribution in [2.45, 2.75) is 50.5 Å². The van der Waals surface area contributed by atoms with Gasteiger partial charge in [0.2, 0.25) is 17.7 Å². The molecule has 14 heteroatoms. The van der Waals surface area contributed by atoms with Gasteiger partial charge in [-0.3, -0.25) is 0 Å². The highest BCUT2D eigenvalue weighted by atomic mass is 19.4. The van der Waals surface area contributed by atoms with E-state index < -0.39 is 29.5 Å². The molecule has 2 heterocycles. The van der Waals surface area contributed by atoms with E-state index in [1.54, 1.807) is 4.90 Å². The van der Waals surface area contributed by atoms with Crippen molar-refractivity contribution in [1.29, 1.82) is 0 Å². The largest absolute Gasteiger partial charge is 0.493 e. The molecule has 1 aromatic heterocycles. The number of rotatable bonds is 8. The number of likely N-dealkylation sites (tertiary alicyclic amines) is 1. The van der Waals surface area contributed by atoms with Crippen LogP contribution in [0.1, 0.15) is 54.3 Å². The molecule has 0 amide bonds. The first-order valence-corrected chi connectivity index (χ1v) is 12.1. The molecule has 0 radical (unpaired) electrons. The maximum absolute atomic E-state index is 13.8. The molecule has 210 valence electrons. The van der Waals surface area contributed by atoms with Crippen molar-refractivity contribution in [1.82, 2.24) is 15.0 Å². The second kappa shape index (κ2) is 11.4. The number of benzene rings is 2. The predicted octanol–water partition coefficient (Wildman–Crippen LogP) is 6.02. The van der Waals surface area contributed by atoms with Crippen LogP contribution in [0, 0.1) is 0 Å². The quantitative estimate of drug-likeness (QED) is 0.0871. The van der Waals surface area contributed by atoms with Crippen molar-refractivity contribution in [2.24, 2.45) is 10.9 Å². The molecule has 1 aliphatic heterocycles. The molecule has 1 aliphatic rings. The number of hydrogen-bond acceptors (Lipinski definition) is 6. The smallest absolute Gasteiger partial charge is 0.419 e. The Bertz CT molecular complexity index is 1290. The van der Waals surface area contributed by atoms with Crippen LogP contribution in [0.2, 0.25) is 0 Å². The van der Waals surface area contributed by atoms with Crippen LogP contribution in [0.3, 0.4) is 0 Å². The minimum absolute atomic E-state index is 0.0131. The van der Waals surface area contributed by atoms with Crippen LogP contribution in [0.15, 0.2) is 52.1 Å². The summed E-state index contributed by atoms with van der Waals surface area (Å²) < 4.78 is 90.1. The average molecular weight is 557 g/mol. The molecule has 0 unspecified atom stereocenters. The Balaban J connectivity index is 1.39. The predicted molar refractivity (Wildman–Crippen MR) is 127 cm³/mol. The van der Waals surface area contributed by atoms with E-state index in [0.29, 0.717) is 44.2 Å². The van der Waals surface area contributed by atoms with Gasteiger partial charge in [0.05, 0.1) is 17.7 Å². The normalized spacial score (nSPS) is 16.6. The first-order valence-electron chi connectivity index (χ1n) is 12.1. The van der Waals surface area contributed by atoms with Gasteiger partial charge in [-0.15, -0.1) is 0 Å². The second-order valence-corrected chi connectivity index (χ2v) is 8.97. The van der Waals surface area contributed by atoms with Crippen LogP contribution in [0.25, 0.3) is 11.4 Å². The minimum atomic E-state index is -4.72. The van der Waals surface area contributed by atoms with Gasteiger partial charge in [0.1, 0.15) is 11.8 Å². The maximum Gasteiger partial charge on any atom is 0.419 e. The summed E-state index contributed by atoms with van der Waals surface area (Å²) in [6, 6.07) is 7.74. The van der Waals surface area contributed by atoms with E-state index in [9.17, 15) is 26.3 Å². The molecule has 39 heavy (non-hydrogen) atoms. The molecule has 3 aromatic rings. The number of halogens is 6. The lowest BCUT2D eigenvalue weighted by molar-refractivity contribution is -0.139. The number of nitrogens with zero attached hydrogens (tertiary/aromatic N) is 4. The number of ether oxygens (including phenoxy) is 1. The van der Waals surface area contributed by atoms with Gasteiger partial charge >= 0.3 is 12.4 Å². The van der Waals surface area contributed by atoms with Crippen molar-refractivity contribution in [3.05, 3.63) is 65.0 Å². The van der Waals surface area contributed by atoms with Gasteiger partial charge in [-0.1, -0.05) is 22.4 Å². The van der Waals surface area contributed by atoms with E-state index >= 15 is 0 Å². The average Bonchev–Trinajstić information content (AvgIpc) is 3.57. The highest BCUT2D eigenvalue weighted by molar-refractivity contribution is 5.78. The van der Waals surface area contributed by atoms with Gasteiger partial charge in [-0.25, -0.2) is 0 Å². The molecule has 1 saturated heterocycles. The van der Waals surface area contributed by atoms with Crippen LogP contribution in [0.4, 0.5) is 26.3 Å². The Morgan fingerprint density at radius 2 is 1.82 bits per heavy atom. The van der Waals surface area contributed by atoms with Crippen molar-refractivity contribution in [2.75, 3.05) is 13.2 Å². The van der Waals surface area contributed by atoms with E-state index in [-0.39, 0.29) is 35.6 Å². The Labute approximate surface area is 219 Å². The number of guanidine groups is 1. The molecule has 1 atom stereocenters. The molecular formula is C25H25F6N5O3. The van der Waals surface area contributed by atoms with Crippen LogP contribution >= 0.6 is 0 Å². The highest BCUT2D eigenvalue weighted by Gasteiger charge is 2.36. The Morgan fingerprint density at radius 3 is 2.49 bits per heavy atom. The van der Waals surface area contributed by atoms with Crippen molar-refractivity contribution in [3.63, 3.8) is 0 Å². The van der Waals surface area contributed by atoms with Gasteiger partial charge in [-0.05, 0) is 68.0 Å². The lowest BCUT2D eigenvalue weighted by Crippen LogP contribution is -2.36. The number of nitrogens with two attached hydrogens (primary N) is 1. The summed E-state index contributed by atoms with van der Waals surface area (Å²) in [6.45, 7) is 0.480. The topological polar surface area (TPSA) is 110 Å². The first kappa shape index (κ1) is 28.0. The van der Waals surface area contributed by atoms with Crippen molar-refractivity contribution >= 4 is 5.96 Å². The Morgan fingerprint density at radius 1 is 1.08 bits per heavy atom. The molecule has 0 aliphatic carbocycles. The minimum Gasteiger partial charge on any atom is -0.493 e. The van der Waals surface area contributed by atoms with Crippen LogP contribution < -0.4 is 10.5 Å². The molecule has 3 N–H and O–H groups in total. The van der Waals surface area contributed by atoms with Gasteiger partial charge in [0.25, 0.3) is 0 Å². The van der Waals surface area contributed by atoms with Crippen molar-refractivity contribution in [3.8, 4) is 17.1 Å². The standard InChI is InChI=1S/C25H25F6N5O3/c26-24(27,28)17-9-6-15(7-10-17)4-1-2-13-38-20-11-8-16(14-18(20)25(29,30)31)21-33-22(39-35-21)19-5-3-12-36(19)23(32)34-37/h6-11,14,19,37H,1-5,12-13H2,(H2,32,34)/t19-/m0/s1. The number of unbranched alkanes of at least 4 members (excludes halogenated alkanes) is 1. The monoisotopic (exact) mass is 557 g/mol. The third kappa shape index (κ3) is 6.73. The Kier molecular flexibility index (Phi) is 8.21. The maximum atomic E-state index is 13.8. The fourth-order valence-electron chi connectivity index (χ4n) is 4.33.